The summed E-state index contributed by atoms with van der Waals surface area (Å²) in [6.07, 6.45) is 3.12. The van der Waals surface area contributed by atoms with E-state index in [-0.39, 0.29) is 12.5 Å². The Morgan fingerprint density at radius 3 is 2.90 bits per heavy atom. The summed E-state index contributed by atoms with van der Waals surface area (Å²) in [6.45, 7) is 0.683. The summed E-state index contributed by atoms with van der Waals surface area (Å²) < 4.78 is 9.77. The second-order valence-corrected chi connectivity index (χ2v) is 6.25. The predicted molar refractivity (Wildman–Crippen MR) is 79.4 cm³/mol. The van der Waals surface area contributed by atoms with Crippen LogP contribution in [0, 0.1) is 0 Å². The molecule has 0 unspecified atom stereocenters. The zero-order valence-electron chi connectivity index (χ0n) is 11.6. The molecule has 1 radical (unpaired) electrons. The second-order valence-electron chi connectivity index (χ2n) is 4.83. The van der Waals surface area contributed by atoms with Gasteiger partial charge in [0, 0.05) is 17.7 Å². The molecule has 0 bridgehead atoms. The van der Waals surface area contributed by atoms with Crippen molar-refractivity contribution in [1.29, 1.82) is 0 Å². The highest BCUT2D eigenvalue weighted by molar-refractivity contribution is 7.54. The lowest BCUT2D eigenvalue weighted by atomic mass is 10.1. The molecule has 0 atom stereocenters. The van der Waals surface area contributed by atoms with Gasteiger partial charge in [0.1, 0.15) is 5.75 Å². The van der Waals surface area contributed by atoms with Gasteiger partial charge in [0.05, 0.1) is 6.61 Å². The molecular formula is C13H20N2O5P. The number of fused-ring (bicyclic) bond motifs is 1. The molecular weight excluding hydrogens is 295 g/mol. The molecule has 0 saturated carbocycles. The third-order valence-corrected chi connectivity index (χ3v) is 3.96. The molecule has 5 N–H and O–H groups in total. The lowest BCUT2D eigenvalue weighted by molar-refractivity contribution is -0.116. The molecule has 21 heavy (non-hydrogen) atoms. The molecule has 2 rings (SSSR count). The van der Waals surface area contributed by atoms with Crippen LogP contribution in [0.2, 0.25) is 0 Å². The maximum absolute atomic E-state index is 11.8. The van der Waals surface area contributed by atoms with Crippen LogP contribution < -0.4 is 15.6 Å². The molecule has 1 aromatic rings. The fourth-order valence-corrected chi connectivity index (χ4v) is 2.79. The summed E-state index contributed by atoms with van der Waals surface area (Å²) in [4.78, 5) is 30.4. The zero-order valence-corrected chi connectivity index (χ0v) is 12.5. The van der Waals surface area contributed by atoms with E-state index in [1.807, 2.05) is 0 Å². The van der Waals surface area contributed by atoms with Crippen molar-refractivity contribution < 1.29 is 23.6 Å². The van der Waals surface area contributed by atoms with E-state index in [4.69, 9.17) is 14.8 Å². The third-order valence-electron chi connectivity index (χ3n) is 3.06. The third kappa shape index (κ3) is 4.91. The summed E-state index contributed by atoms with van der Waals surface area (Å²) in [5.41, 5.74) is 6.69. The Morgan fingerprint density at radius 2 is 2.14 bits per heavy atom. The SMILES string of the molecule is NCCCCCC(=O)Nc1ccc2c(c1)CO[P](O)(O)O2. The van der Waals surface area contributed by atoms with Crippen molar-refractivity contribution in [2.75, 3.05) is 11.9 Å². The first-order valence-corrected chi connectivity index (χ1v) is 8.35. The Balaban J connectivity index is 1.89. The Kier molecular flexibility index (Phi) is 5.50. The highest BCUT2D eigenvalue weighted by Gasteiger charge is 2.32. The Bertz CT molecular complexity index is 509. The van der Waals surface area contributed by atoms with Crippen LogP contribution in [0.3, 0.4) is 0 Å². The van der Waals surface area contributed by atoms with Gasteiger partial charge >= 0.3 is 8.17 Å². The maximum atomic E-state index is 11.8. The van der Waals surface area contributed by atoms with E-state index in [1.54, 1.807) is 18.2 Å². The first kappa shape index (κ1) is 16.1. The van der Waals surface area contributed by atoms with Gasteiger partial charge in [0.2, 0.25) is 5.91 Å². The molecule has 117 valence electrons. The van der Waals surface area contributed by atoms with Gasteiger partial charge in [-0.15, -0.1) is 0 Å². The van der Waals surface area contributed by atoms with Crippen molar-refractivity contribution in [3.05, 3.63) is 23.8 Å². The molecule has 1 aliphatic heterocycles. The van der Waals surface area contributed by atoms with Gasteiger partial charge < -0.3 is 25.4 Å². The number of nitrogens with two attached hydrogens (primary N) is 1. The number of carbonyl (C=O) groups is 1. The monoisotopic (exact) mass is 315 g/mol. The number of nitrogens with one attached hydrogen (secondary N) is 1. The van der Waals surface area contributed by atoms with Crippen LogP contribution in [0.5, 0.6) is 5.75 Å². The van der Waals surface area contributed by atoms with E-state index in [0.29, 0.717) is 30.0 Å². The average Bonchev–Trinajstić information content (AvgIpc) is 2.43. The standard InChI is InChI=1S/C13H20N2O5P/c14-7-3-1-2-4-13(16)15-11-5-6-12-10(8-11)9-19-21(17,18)20-12/h5-6,8,17-18H,1-4,7,9,14H2,(H,15,16). The molecule has 0 aliphatic carbocycles. The van der Waals surface area contributed by atoms with E-state index >= 15 is 0 Å². The van der Waals surface area contributed by atoms with E-state index in [0.717, 1.165) is 19.3 Å². The van der Waals surface area contributed by atoms with Crippen molar-refractivity contribution >= 4 is 19.8 Å². The first-order chi connectivity index (χ1) is 10.00. The number of unbranched alkanes of at least 4 members (excludes halogenated alkanes) is 2. The first-order valence-electron chi connectivity index (χ1n) is 6.82. The average molecular weight is 315 g/mol. The number of carbonyl (C=O) groups excluding carboxylic acids is 1. The van der Waals surface area contributed by atoms with Crippen molar-refractivity contribution in [3.63, 3.8) is 0 Å². The highest BCUT2D eigenvalue weighted by Crippen LogP contribution is 2.56. The maximum Gasteiger partial charge on any atom is 0.431 e. The fraction of sp³-hybridized carbons (Fsp3) is 0.462. The lowest BCUT2D eigenvalue weighted by Crippen LogP contribution is -2.14. The molecule has 8 heteroatoms. The van der Waals surface area contributed by atoms with Crippen LogP contribution >= 0.6 is 8.17 Å². The largest absolute Gasteiger partial charge is 0.431 e. The molecule has 0 aromatic heterocycles. The van der Waals surface area contributed by atoms with Crippen LogP contribution in [0.1, 0.15) is 31.2 Å². The molecule has 1 aliphatic rings. The summed E-state index contributed by atoms with van der Waals surface area (Å²) >= 11 is 0. The molecule has 1 aromatic carbocycles. The van der Waals surface area contributed by atoms with Crippen LogP contribution in [0.15, 0.2) is 18.2 Å². The molecule has 0 saturated heterocycles. The summed E-state index contributed by atoms with van der Waals surface area (Å²) in [5.74, 6) is 0.302. The van der Waals surface area contributed by atoms with Crippen LogP contribution in [-0.4, -0.2) is 22.2 Å². The summed E-state index contributed by atoms with van der Waals surface area (Å²) in [6, 6.07) is 4.94. The number of rotatable bonds is 6. The van der Waals surface area contributed by atoms with Gasteiger partial charge in [-0.3, -0.25) is 9.32 Å². The van der Waals surface area contributed by atoms with Crippen molar-refractivity contribution in [3.8, 4) is 5.75 Å². The quantitative estimate of drug-likeness (QED) is 0.469. The van der Waals surface area contributed by atoms with Gasteiger partial charge in [-0.05, 0) is 37.6 Å². The Morgan fingerprint density at radius 1 is 1.33 bits per heavy atom. The van der Waals surface area contributed by atoms with Gasteiger partial charge in [-0.1, -0.05) is 6.42 Å². The smallest absolute Gasteiger partial charge is 0.414 e. The van der Waals surface area contributed by atoms with E-state index in [2.05, 4.69) is 5.32 Å². The minimum absolute atomic E-state index is 0.0380. The van der Waals surface area contributed by atoms with Gasteiger partial charge in [-0.25, -0.2) is 0 Å². The number of benzene rings is 1. The van der Waals surface area contributed by atoms with Gasteiger partial charge in [0.25, 0.3) is 0 Å². The Labute approximate surface area is 123 Å². The van der Waals surface area contributed by atoms with E-state index in [1.165, 1.54) is 0 Å². The molecule has 7 nitrogen and oxygen atoms in total. The zero-order chi connectivity index (χ0) is 15.3. The van der Waals surface area contributed by atoms with E-state index in [9.17, 15) is 14.6 Å². The van der Waals surface area contributed by atoms with Gasteiger partial charge in [-0.2, -0.15) is 0 Å². The van der Waals surface area contributed by atoms with Crippen LogP contribution in [0.25, 0.3) is 0 Å². The number of hydrogen-bond donors (Lipinski definition) is 4. The predicted octanol–water partition coefficient (Wildman–Crippen LogP) is 1.72. The number of anilines is 1. The molecule has 1 heterocycles. The van der Waals surface area contributed by atoms with E-state index < -0.39 is 8.17 Å². The number of hydrogen-bond acceptors (Lipinski definition) is 6. The summed E-state index contributed by atoms with van der Waals surface area (Å²) in [7, 11) is -3.73. The fourth-order valence-electron chi connectivity index (χ4n) is 2.00. The molecule has 0 fully saturated rings. The van der Waals surface area contributed by atoms with Crippen molar-refractivity contribution in [2.45, 2.75) is 32.3 Å². The highest BCUT2D eigenvalue weighted by atomic mass is 31.2. The molecule has 1 amide bonds. The topological polar surface area (TPSA) is 114 Å². The number of amides is 1. The van der Waals surface area contributed by atoms with Gasteiger partial charge in [0.15, 0.2) is 0 Å². The minimum atomic E-state index is -3.73. The normalized spacial score (nSPS) is 16.0. The van der Waals surface area contributed by atoms with Crippen molar-refractivity contribution in [1.82, 2.24) is 0 Å². The Hall–Kier alpha value is -1.24. The van der Waals surface area contributed by atoms with Crippen molar-refractivity contribution in [2.24, 2.45) is 5.73 Å². The molecule has 0 spiro atoms. The van der Waals surface area contributed by atoms with Crippen LogP contribution in [-0.2, 0) is 15.9 Å². The second kappa shape index (κ2) is 7.15. The van der Waals surface area contributed by atoms with Crippen LogP contribution in [0.4, 0.5) is 5.69 Å². The lowest BCUT2D eigenvalue weighted by Gasteiger charge is -2.28. The minimum Gasteiger partial charge on any atom is -0.414 e. The summed E-state index contributed by atoms with van der Waals surface area (Å²) in [5, 5.41) is 2.79.